The summed E-state index contributed by atoms with van der Waals surface area (Å²) in [5.41, 5.74) is 4.95. The van der Waals surface area contributed by atoms with Crippen LogP contribution in [0.15, 0.2) is 30.6 Å². The highest BCUT2D eigenvalue weighted by molar-refractivity contribution is 5.97. The molecule has 1 aromatic carbocycles. The molecule has 3 rings (SSSR count). The summed E-state index contributed by atoms with van der Waals surface area (Å²) in [6, 6.07) is 5.45. The molecule has 0 fully saturated rings. The third-order valence-electron chi connectivity index (χ3n) is 3.85. The molecular formula is C17H19N5O. The van der Waals surface area contributed by atoms with Crippen molar-refractivity contribution in [1.82, 2.24) is 24.6 Å². The van der Waals surface area contributed by atoms with Gasteiger partial charge in [-0.15, -0.1) is 0 Å². The first-order chi connectivity index (χ1) is 10.9. The van der Waals surface area contributed by atoms with Crippen molar-refractivity contribution in [3.63, 3.8) is 0 Å². The van der Waals surface area contributed by atoms with Gasteiger partial charge in [0.05, 0.1) is 28.6 Å². The predicted octanol–water partition coefficient (Wildman–Crippen LogP) is 2.25. The van der Waals surface area contributed by atoms with Crippen molar-refractivity contribution in [2.75, 3.05) is 7.05 Å². The number of hydrogen-bond donors (Lipinski definition) is 0. The number of nitrogens with zero attached hydrogens (tertiary/aromatic N) is 5. The van der Waals surface area contributed by atoms with Crippen molar-refractivity contribution in [1.29, 1.82) is 0 Å². The van der Waals surface area contributed by atoms with Gasteiger partial charge < -0.3 is 4.90 Å². The monoisotopic (exact) mass is 309 g/mol. The molecule has 118 valence electrons. The Hall–Kier alpha value is -2.76. The van der Waals surface area contributed by atoms with Gasteiger partial charge in [0, 0.05) is 38.0 Å². The minimum atomic E-state index is -0.0456. The second-order valence-electron chi connectivity index (χ2n) is 5.78. The number of carbonyl (C=O) groups excluding carboxylic acids is 1. The molecule has 2 heterocycles. The molecule has 6 nitrogen and oxygen atoms in total. The zero-order valence-corrected chi connectivity index (χ0v) is 13.7. The largest absolute Gasteiger partial charge is 0.337 e. The van der Waals surface area contributed by atoms with Crippen molar-refractivity contribution < 1.29 is 4.79 Å². The summed E-state index contributed by atoms with van der Waals surface area (Å²) in [6.07, 6.45) is 3.67. The van der Waals surface area contributed by atoms with Gasteiger partial charge in [0.25, 0.3) is 5.91 Å². The molecule has 0 aliphatic carbocycles. The number of hydrogen-bond acceptors (Lipinski definition) is 4. The van der Waals surface area contributed by atoms with Gasteiger partial charge in [0.15, 0.2) is 0 Å². The molecule has 0 saturated heterocycles. The van der Waals surface area contributed by atoms with E-state index in [1.54, 1.807) is 35.0 Å². The molecule has 0 aliphatic rings. The summed E-state index contributed by atoms with van der Waals surface area (Å²) in [5, 5.41) is 4.12. The van der Waals surface area contributed by atoms with Gasteiger partial charge in [-0.25, -0.2) is 9.97 Å². The van der Waals surface area contributed by atoms with Crippen LogP contribution in [-0.2, 0) is 13.6 Å². The maximum Gasteiger partial charge on any atom is 0.253 e. The minimum Gasteiger partial charge on any atom is -0.337 e. The maximum atomic E-state index is 12.6. The average Bonchev–Trinajstić information content (AvgIpc) is 2.92. The highest BCUT2D eigenvalue weighted by Crippen LogP contribution is 2.16. The highest BCUT2D eigenvalue weighted by Gasteiger charge is 2.14. The third kappa shape index (κ3) is 3.06. The van der Waals surface area contributed by atoms with E-state index in [9.17, 15) is 4.79 Å². The summed E-state index contributed by atoms with van der Waals surface area (Å²) in [6.45, 7) is 4.37. The van der Waals surface area contributed by atoms with Gasteiger partial charge >= 0.3 is 0 Å². The Morgan fingerprint density at radius 1 is 1.17 bits per heavy atom. The van der Waals surface area contributed by atoms with Crippen molar-refractivity contribution in [3.8, 4) is 0 Å². The van der Waals surface area contributed by atoms with E-state index in [1.807, 2.05) is 33.2 Å². The number of fused-ring (bicyclic) bond motifs is 1. The van der Waals surface area contributed by atoms with Crippen LogP contribution in [0.5, 0.6) is 0 Å². The first kappa shape index (κ1) is 15.1. The predicted molar refractivity (Wildman–Crippen MR) is 88.0 cm³/mol. The zero-order valence-electron chi connectivity index (χ0n) is 13.7. The van der Waals surface area contributed by atoms with E-state index in [2.05, 4.69) is 15.1 Å². The van der Waals surface area contributed by atoms with Crippen molar-refractivity contribution >= 4 is 16.9 Å². The molecule has 1 amide bonds. The standard InChI is InChI=1S/C17H19N5O/c1-11-12(2)20-16-7-14(5-6-15(16)19-11)17(23)21(3)9-13-8-18-22(4)10-13/h5-8,10H,9H2,1-4H3. The molecule has 0 saturated carbocycles. The Balaban J connectivity index is 1.86. The highest BCUT2D eigenvalue weighted by atomic mass is 16.2. The summed E-state index contributed by atoms with van der Waals surface area (Å²) >= 11 is 0. The molecule has 0 N–H and O–H groups in total. The van der Waals surface area contributed by atoms with E-state index >= 15 is 0 Å². The van der Waals surface area contributed by atoms with Crippen molar-refractivity contribution in [3.05, 3.63) is 53.1 Å². The molecule has 0 aliphatic heterocycles. The Morgan fingerprint density at radius 3 is 2.52 bits per heavy atom. The molecule has 6 heteroatoms. The first-order valence-corrected chi connectivity index (χ1v) is 7.42. The fourth-order valence-electron chi connectivity index (χ4n) is 2.48. The molecule has 0 atom stereocenters. The fraction of sp³-hybridized carbons (Fsp3) is 0.294. The van der Waals surface area contributed by atoms with Crippen LogP contribution < -0.4 is 0 Å². The molecule has 0 spiro atoms. The first-order valence-electron chi connectivity index (χ1n) is 7.42. The number of aryl methyl sites for hydroxylation is 3. The summed E-state index contributed by atoms with van der Waals surface area (Å²) < 4.78 is 1.73. The lowest BCUT2D eigenvalue weighted by atomic mass is 10.1. The zero-order chi connectivity index (χ0) is 16.6. The van der Waals surface area contributed by atoms with E-state index in [-0.39, 0.29) is 5.91 Å². The molecule has 2 aromatic heterocycles. The average molecular weight is 309 g/mol. The summed E-state index contributed by atoms with van der Waals surface area (Å²) in [4.78, 5) is 23.3. The smallest absolute Gasteiger partial charge is 0.253 e. The number of carbonyl (C=O) groups is 1. The van der Waals surface area contributed by atoms with Crippen LogP contribution >= 0.6 is 0 Å². The number of amides is 1. The Morgan fingerprint density at radius 2 is 1.87 bits per heavy atom. The second-order valence-corrected chi connectivity index (χ2v) is 5.78. The van der Waals surface area contributed by atoms with E-state index in [0.717, 1.165) is 28.0 Å². The Bertz CT molecular complexity index is 884. The summed E-state index contributed by atoms with van der Waals surface area (Å²) in [7, 11) is 3.64. The molecule has 23 heavy (non-hydrogen) atoms. The van der Waals surface area contributed by atoms with Crippen LogP contribution in [0.4, 0.5) is 0 Å². The lowest BCUT2D eigenvalue weighted by Gasteiger charge is -2.16. The maximum absolute atomic E-state index is 12.6. The van der Waals surface area contributed by atoms with Gasteiger partial charge in [-0.05, 0) is 32.0 Å². The topological polar surface area (TPSA) is 63.9 Å². The van der Waals surface area contributed by atoms with Gasteiger partial charge in [-0.3, -0.25) is 9.48 Å². The second kappa shape index (κ2) is 5.79. The number of benzene rings is 1. The van der Waals surface area contributed by atoms with Crippen LogP contribution in [0, 0.1) is 13.8 Å². The van der Waals surface area contributed by atoms with Gasteiger partial charge in [-0.1, -0.05) is 0 Å². The van der Waals surface area contributed by atoms with E-state index < -0.39 is 0 Å². The van der Waals surface area contributed by atoms with E-state index in [0.29, 0.717) is 12.1 Å². The van der Waals surface area contributed by atoms with Gasteiger partial charge in [0.2, 0.25) is 0 Å². The van der Waals surface area contributed by atoms with Crippen LogP contribution in [-0.4, -0.2) is 37.6 Å². The normalized spacial score (nSPS) is 11.0. The third-order valence-corrected chi connectivity index (χ3v) is 3.85. The minimum absolute atomic E-state index is 0.0456. The quantitative estimate of drug-likeness (QED) is 0.744. The van der Waals surface area contributed by atoms with Gasteiger partial charge in [0.1, 0.15) is 0 Å². The molecular weight excluding hydrogens is 290 g/mol. The van der Waals surface area contributed by atoms with E-state index in [1.165, 1.54) is 0 Å². The van der Waals surface area contributed by atoms with Gasteiger partial charge in [-0.2, -0.15) is 5.10 Å². The number of rotatable bonds is 3. The SMILES string of the molecule is Cc1nc2ccc(C(=O)N(C)Cc3cnn(C)c3)cc2nc1C. The lowest BCUT2D eigenvalue weighted by Crippen LogP contribution is -2.26. The van der Waals surface area contributed by atoms with Crippen LogP contribution in [0.3, 0.4) is 0 Å². The lowest BCUT2D eigenvalue weighted by molar-refractivity contribution is 0.0785. The number of aromatic nitrogens is 4. The molecule has 0 radical (unpaired) electrons. The molecule has 3 aromatic rings. The fourth-order valence-corrected chi connectivity index (χ4v) is 2.48. The summed E-state index contributed by atoms with van der Waals surface area (Å²) in [5.74, 6) is -0.0456. The van der Waals surface area contributed by atoms with Crippen molar-refractivity contribution in [2.45, 2.75) is 20.4 Å². The van der Waals surface area contributed by atoms with Crippen molar-refractivity contribution in [2.24, 2.45) is 7.05 Å². The Kier molecular flexibility index (Phi) is 3.82. The van der Waals surface area contributed by atoms with Crippen LogP contribution in [0.2, 0.25) is 0 Å². The molecule has 0 unspecified atom stereocenters. The molecule has 0 bridgehead atoms. The van der Waals surface area contributed by atoms with E-state index in [4.69, 9.17) is 0 Å². The van der Waals surface area contributed by atoms with Crippen LogP contribution in [0.25, 0.3) is 11.0 Å². The Labute approximate surface area is 134 Å². The van der Waals surface area contributed by atoms with Crippen LogP contribution in [0.1, 0.15) is 27.3 Å².